The largest absolute Gasteiger partial charge is 0.378 e. The molecule has 10 heteroatoms. The summed E-state index contributed by atoms with van der Waals surface area (Å²) in [6.07, 6.45) is 0. The van der Waals surface area contributed by atoms with Gasteiger partial charge in [0.1, 0.15) is 0 Å². The lowest BCUT2D eigenvalue weighted by Crippen LogP contribution is -2.25. The fraction of sp³-hybridized carbons (Fsp3) is 0.255. The van der Waals surface area contributed by atoms with Gasteiger partial charge in [0.25, 0.3) is 0 Å². The minimum atomic E-state index is -1.47. The average Bonchev–Trinajstić information content (AvgIpc) is 3.25. The van der Waals surface area contributed by atoms with E-state index in [2.05, 4.69) is 24.3 Å². The molecule has 0 spiro atoms. The zero-order valence-corrected chi connectivity index (χ0v) is 35.8. The van der Waals surface area contributed by atoms with E-state index < -0.39 is 22.7 Å². The van der Waals surface area contributed by atoms with Gasteiger partial charge in [-0.1, -0.05) is 66.7 Å². The van der Waals surface area contributed by atoms with Gasteiger partial charge in [0.2, 0.25) is 0 Å². The van der Waals surface area contributed by atoms with Gasteiger partial charge in [-0.2, -0.15) is 42.1 Å². The van der Waals surface area contributed by atoms with Crippen LogP contribution in [-0.2, 0) is 10.8 Å². The van der Waals surface area contributed by atoms with Crippen molar-refractivity contribution in [1.29, 1.82) is 42.1 Å². The highest BCUT2D eigenvalue weighted by atomic mass is 15.1. The molecule has 298 valence electrons. The standard InChI is InChI=1S/C29H25N5.C22H19N5/c1-19-12-22(23(15-30)16-31)6-9-26(19)27-10-7-24(13-20(27)2)29(17-32,18-33)28-11-8-25(34(4)5)14-21(28)3;1-15-9-18(5-7-20(15)17(11-23)12-24)22(13-25,14-26)21-8-6-19(27(3)4)10-16(21)2/h6-14,23H,1-5H3;5-10,17H,1-4H3. The smallest absolute Gasteiger partial charge is 0.193 e. The first-order valence-corrected chi connectivity index (χ1v) is 19.2. The second kappa shape index (κ2) is 18.9. The molecule has 0 aliphatic rings. The van der Waals surface area contributed by atoms with Crippen molar-refractivity contribution in [2.24, 2.45) is 0 Å². The maximum Gasteiger partial charge on any atom is 0.193 e. The first-order chi connectivity index (χ1) is 29.1. The van der Waals surface area contributed by atoms with Crippen LogP contribution in [0.1, 0.15) is 73.0 Å². The monoisotopic (exact) mass is 796 g/mol. The third-order valence-electron chi connectivity index (χ3n) is 11.0. The van der Waals surface area contributed by atoms with Crippen LogP contribution in [0.5, 0.6) is 0 Å². The Balaban J connectivity index is 0.000000276. The maximum absolute atomic E-state index is 10.2. The Hall–Kier alpha value is -8.38. The Bertz CT molecular complexity index is 2790. The van der Waals surface area contributed by atoms with Crippen LogP contribution in [0.4, 0.5) is 11.4 Å². The summed E-state index contributed by atoms with van der Waals surface area (Å²) in [5.41, 5.74) is 9.09. The third kappa shape index (κ3) is 8.74. The van der Waals surface area contributed by atoms with Crippen molar-refractivity contribution in [1.82, 2.24) is 0 Å². The first-order valence-electron chi connectivity index (χ1n) is 19.2. The van der Waals surface area contributed by atoms with E-state index in [0.717, 1.165) is 44.8 Å². The highest BCUT2D eigenvalue weighted by Crippen LogP contribution is 2.39. The summed E-state index contributed by atoms with van der Waals surface area (Å²) < 4.78 is 0. The third-order valence-corrected chi connectivity index (χ3v) is 11.0. The van der Waals surface area contributed by atoms with Crippen molar-refractivity contribution in [2.45, 2.75) is 57.3 Å². The predicted molar refractivity (Wildman–Crippen MR) is 235 cm³/mol. The van der Waals surface area contributed by atoms with Gasteiger partial charge >= 0.3 is 0 Å². The lowest BCUT2D eigenvalue weighted by molar-refractivity contribution is 0.834. The van der Waals surface area contributed by atoms with E-state index >= 15 is 0 Å². The summed E-state index contributed by atoms with van der Waals surface area (Å²) >= 11 is 0. The molecular formula is C51H44N10. The van der Waals surface area contributed by atoms with Gasteiger partial charge < -0.3 is 9.80 Å². The molecule has 0 fully saturated rings. The molecule has 0 bridgehead atoms. The molecule has 5 aromatic rings. The van der Waals surface area contributed by atoms with Gasteiger partial charge in [-0.15, -0.1) is 0 Å². The molecule has 10 nitrogen and oxygen atoms in total. The molecule has 61 heavy (non-hydrogen) atoms. The minimum absolute atomic E-state index is 0.532. The molecule has 5 aromatic carbocycles. The topological polar surface area (TPSA) is 197 Å². The van der Waals surface area contributed by atoms with Gasteiger partial charge in [-0.25, -0.2) is 0 Å². The van der Waals surface area contributed by atoms with Crippen LogP contribution >= 0.6 is 0 Å². The molecule has 0 N–H and O–H groups in total. The number of nitriles is 8. The summed E-state index contributed by atoms with van der Waals surface area (Å²) in [4.78, 5) is 3.94. The average molecular weight is 797 g/mol. The van der Waals surface area contributed by atoms with Crippen LogP contribution in [-0.4, -0.2) is 28.2 Å². The van der Waals surface area contributed by atoms with Crippen molar-refractivity contribution in [3.8, 4) is 59.7 Å². The van der Waals surface area contributed by atoms with E-state index in [1.807, 2.05) is 157 Å². The Labute approximate surface area is 359 Å². The molecule has 0 saturated carbocycles. The number of anilines is 2. The molecular weight excluding hydrogens is 753 g/mol. The van der Waals surface area contributed by atoms with Crippen LogP contribution in [0, 0.1) is 125 Å². The number of hydrogen-bond donors (Lipinski definition) is 0. The lowest BCUT2D eigenvalue weighted by atomic mass is 9.74. The van der Waals surface area contributed by atoms with Gasteiger partial charge in [0.15, 0.2) is 22.7 Å². The van der Waals surface area contributed by atoms with E-state index in [9.17, 15) is 31.6 Å². The number of benzene rings is 5. The SMILES string of the molecule is Cc1cc(C(C#N)(C#N)c2ccc(N(C)C)cc2C)ccc1C(C#N)C#N.Cc1cc(C(C#N)C#N)ccc1-c1ccc(C(C#N)(C#N)c2ccc(N(C)C)cc2C)cc1C. The van der Waals surface area contributed by atoms with E-state index in [0.29, 0.717) is 38.9 Å². The van der Waals surface area contributed by atoms with Crippen molar-refractivity contribution in [2.75, 3.05) is 38.0 Å². The Kier molecular flexibility index (Phi) is 14.1. The Morgan fingerprint density at radius 2 is 0.803 bits per heavy atom. The second-order valence-electron chi connectivity index (χ2n) is 15.3. The predicted octanol–water partition coefficient (Wildman–Crippen LogP) is 9.64. The van der Waals surface area contributed by atoms with Crippen LogP contribution in [0.3, 0.4) is 0 Å². The first kappa shape index (κ1) is 45.3. The Morgan fingerprint density at radius 1 is 0.410 bits per heavy atom. The molecule has 0 saturated heterocycles. The zero-order chi connectivity index (χ0) is 45.2. The summed E-state index contributed by atoms with van der Waals surface area (Å²) in [6, 6.07) is 44.6. The van der Waals surface area contributed by atoms with E-state index in [1.165, 1.54) is 0 Å². The molecule has 0 radical (unpaired) electrons. The van der Waals surface area contributed by atoms with Crippen LogP contribution in [0.25, 0.3) is 11.1 Å². The zero-order valence-electron chi connectivity index (χ0n) is 35.8. The fourth-order valence-corrected chi connectivity index (χ4v) is 7.50. The molecule has 0 aromatic heterocycles. The van der Waals surface area contributed by atoms with E-state index in [1.54, 1.807) is 31.2 Å². The fourth-order valence-electron chi connectivity index (χ4n) is 7.50. The molecule has 0 heterocycles. The van der Waals surface area contributed by atoms with Gasteiger partial charge in [0.05, 0.1) is 48.6 Å². The lowest BCUT2D eigenvalue weighted by Gasteiger charge is -2.24. The van der Waals surface area contributed by atoms with Crippen LogP contribution in [0.2, 0.25) is 0 Å². The van der Waals surface area contributed by atoms with E-state index in [-0.39, 0.29) is 0 Å². The highest BCUT2D eigenvalue weighted by molar-refractivity contribution is 5.73. The van der Waals surface area contributed by atoms with Gasteiger partial charge in [0, 0.05) is 39.6 Å². The van der Waals surface area contributed by atoms with Crippen molar-refractivity contribution in [3.63, 3.8) is 0 Å². The highest BCUT2D eigenvalue weighted by Gasteiger charge is 2.38. The molecule has 0 aliphatic heterocycles. The number of hydrogen-bond acceptors (Lipinski definition) is 10. The number of aryl methyl sites for hydroxylation is 5. The minimum Gasteiger partial charge on any atom is -0.378 e. The molecule has 0 atom stereocenters. The summed E-state index contributed by atoms with van der Waals surface area (Å²) in [5.74, 6) is -1.68. The van der Waals surface area contributed by atoms with Gasteiger partial charge in [-0.05, 0) is 131 Å². The number of nitrogens with zero attached hydrogens (tertiary/aromatic N) is 10. The van der Waals surface area contributed by atoms with Crippen molar-refractivity contribution < 1.29 is 0 Å². The van der Waals surface area contributed by atoms with Crippen molar-refractivity contribution >= 4 is 11.4 Å². The van der Waals surface area contributed by atoms with Crippen LogP contribution in [0.15, 0.2) is 91.0 Å². The molecule has 5 rings (SSSR count). The normalized spacial score (nSPS) is 10.5. The summed E-state index contributed by atoms with van der Waals surface area (Å²) in [7, 11) is 7.76. The van der Waals surface area contributed by atoms with Gasteiger partial charge in [-0.3, -0.25) is 0 Å². The molecule has 0 aliphatic carbocycles. The quantitative estimate of drug-likeness (QED) is 0.138. The Morgan fingerprint density at radius 3 is 1.15 bits per heavy atom. The van der Waals surface area contributed by atoms with E-state index in [4.69, 9.17) is 10.5 Å². The maximum atomic E-state index is 10.2. The van der Waals surface area contributed by atoms with Crippen LogP contribution < -0.4 is 9.80 Å². The summed E-state index contributed by atoms with van der Waals surface area (Å²) in [5, 5.41) is 76.9. The van der Waals surface area contributed by atoms with Crippen molar-refractivity contribution in [3.05, 3.63) is 152 Å². The number of rotatable bonds is 9. The summed E-state index contributed by atoms with van der Waals surface area (Å²) in [6.45, 7) is 9.49. The second-order valence-corrected chi connectivity index (χ2v) is 15.3. The molecule has 0 amide bonds. The molecule has 0 unspecified atom stereocenters.